The molecule has 0 saturated heterocycles. The minimum Gasteiger partial charge on any atom is -0.357 e. The van der Waals surface area contributed by atoms with Crippen molar-refractivity contribution in [1.82, 2.24) is 10.2 Å². The SMILES string of the molecule is CC[C@H](C(=O)NC)N(Cc1ccccc1C)C(=O)CN(c1ccc(C)c(Cl)c1)S(=O)(=O)c1ccccc1. The number of nitrogens with zero attached hydrogens (tertiary/aromatic N) is 2. The molecule has 0 aromatic heterocycles. The predicted molar refractivity (Wildman–Crippen MR) is 147 cm³/mol. The molecule has 9 heteroatoms. The van der Waals surface area contributed by atoms with E-state index in [1.165, 1.54) is 30.1 Å². The van der Waals surface area contributed by atoms with Gasteiger partial charge in [-0.05, 0) is 61.2 Å². The van der Waals surface area contributed by atoms with E-state index in [4.69, 9.17) is 11.6 Å². The third kappa shape index (κ3) is 6.50. The second-order valence-electron chi connectivity index (χ2n) is 8.74. The Balaban J connectivity index is 2.09. The first-order chi connectivity index (χ1) is 17.6. The highest BCUT2D eigenvalue weighted by Crippen LogP contribution is 2.28. The smallest absolute Gasteiger partial charge is 0.264 e. The average molecular weight is 542 g/mol. The van der Waals surface area contributed by atoms with E-state index in [1.54, 1.807) is 30.3 Å². The summed E-state index contributed by atoms with van der Waals surface area (Å²) in [4.78, 5) is 28.2. The minimum atomic E-state index is -4.12. The van der Waals surface area contributed by atoms with Gasteiger partial charge in [-0.15, -0.1) is 0 Å². The summed E-state index contributed by atoms with van der Waals surface area (Å²) in [5, 5.41) is 3.01. The number of likely N-dealkylation sites (N-methyl/N-ethyl adjacent to an activating group) is 1. The van der Waals surface area contributed by atoms with Gasteiger partial charge in [-0.1, -0.05) is 67.1 Å². The predicted octanol–water partition coefficient (Wildman–Crippen LogP) is 4.71. The van der Waals surface area contributed by atoms with Crippen LogP contribution in [0.15, 0.2) is 77.7 Å². The molecule has 1 N–H and O–H groups in total. The Bertz CT molecular complexity index is 1360. The lowest BCUT2D eigenvalue weighted by Crippen LogP contribution is -2.51. The lowest BCUT2D eigenvalue weighted by molar-refractivity contribution is -0.140. The van der Waals surface area contributed by atoms with Crippen molar-refractivity contribution in [2.45, 2.75) is 44.7 Å². The molecule has 3 aromatic carbocycles. The number of halogens is 1. The third-order valence-corrected chi connectivity index (χ3v) is 8.48. The summed E-state index contributed by atoms with van der Waals surface area (Å²) in [6, 6.07) is 19.6. The highest BCUT2D eigenvalue weighted by atomic mass is 35.5. The van der Waals surface area contributed by atoms with Crippen LogP contribution in [-0.4, -0.2) is 44.8 Å². The van der Waals surface area contributed by atoms with Gasteiger partial charge in [0.1, 0.15) is 12.6 Å². The number of carbonyl (C=O) groups is 2. The van der Waals surface area contributed by atoms with Gasteiger partial charge < -0.3 is 10.2 Å². The Hall–Kier alpha value is -3.36. The van der Waals surface area contributed by atoms with Crippen LogP contribution in [-0.2, 0) is 26.2 Å². The van der Waals surface area contributed by atoms with Crippen LogP contribution in [0, 0.1) is 13.8 Å². The zero-order valence-electron chi connectivity index (χ0n) is 21.4. The topological polar surface area (TPSA) is 86.8 Å². The highest BCUT2D eigenvalue weighted by molar-refractivity contribution is 7.92. The first-order valence-corrected chi connectivity index (χ1v) is 13.8. The van der Waals surface area contributed by atoms with Crippen molar-refractivity contribution < 1.29 is 18.0 Å². The van der Waals surface area contributed by atoms with E-state index < -0.39 is 28.5 Å². The number of hydrogen-bond donors (Lipinski definition) is 1. The molecular formula is C28H32ClN3O4S. The molecule has 37 heavy (non-hydrogen) atoms. The van der Waals surface area contributed by atoms with Crippen molar-refractivity contribution in [3.05, 3.63) is 94.5 Å². The first kappa shape index (κ1) is 28.2. The Morgan fingerprint density at radius 2 is 1.59 bits per heavy atom. The molecule has 3 aromatic rings. The van der Waals surface area contributed by atoms with E-state index in [-0.39, 0.29) is 23.0 Å². The summed E-state index contributed by atoms with van der Waals surface area (Å²) in [5.74, 6) is -0.824. The fourth-order valence-corrected chi connectivity index (χ4v) is 5.64. The quantitative estimate of drug-likeness (QED) is 0.403. The van der Waals surface area contributed by atoms with Crippen LogP contribution in [0.5, 0.6) is 0 Å². The highest BCUT2D eigenvalue weighted by Gasteiger charge is 2.33. The average Bonchev–Trinajstić information content (AvgIpc) is 2.90. The number of sulfonamides is 1. The second-order valence-corrected chi connectivity index (χ2v) is 11.0. The molecule has 0 heterocycles. The number of anilines is 1. The molecule has 0 aliphatic carbocycles. The van der Waals surface area contributed by atoms with Crippen molar-refractivity contribution >= 4 is 39.1 Å². The van der Waals surface area contributed by atoms with Gasteiger partial charge in [-0.2, -0.15) is 0 Å². The van der Waals surface area contributed by atoms with E-state index in [9.17, 15) is 18.0 Å². The van der Waals surface area contributed by atoms with Gasteiger partial charge in [-0.25, -0.2) is 8.42 Å². The van der Waals surface area contributed by atoms with Gasteiger partial charge in [-0.3, -0.25) is 13.9 Å². The van der Waals surface area contributed by atoms with Gasteiger partial charge in [0.25, 0.3) is 10.0 Å². The molecule has 0 aliphatic rings. The van der Waals surface area contributed by atoms with Crippen molar-refractivity contribution in [3.8, 4) is 0 Å². The fourth-order valence-electron chi connectivity index (χ4n) is 4.04. The number of carbonyl (C=O) groups excluding carboxylic acids is 2. The molecule has 0 fully saturated rings. The maximum atomic E-state index is 13.9. The van der Waals surface area contributed by atoms with E-state index in [1.807, 2.05) is 45.0 Å². The number of hydrogen-bond acceptors (Lipinski definition) is 4. The van der Waals surface area contributed by atoms with Crippen LogP contribution >= 0.6 is 11.6 Å². The summed E-state index contributed by atoms with van der Waals surface area (Å²) >= 11 is 6.34. The monoisotopic (exact) mass is 541 g/mol. The third-order valence-electron chi connectivity index (χ3n) is 6.29. The van der Waals surface area contributed by atoms with Gasteiger partial charge in [0.2, 0.25) is 11.8 Å². The van der Waals surface area contributed by atoms with E-state index >= 15 is 0 Å². The summed E-state index contributed by atoms with van der Waals surface area (Å²) in [6.45, 7) is 5.21. The van der Waals surface area contributed by atoms with Crippen LogP contribution in [0.25, 0.3) is 0 Å². The van der Waals surface area contributed by atoms with Gasteiger partial charge in [0, 0.05) is 18.6 Å². The van der Waals surface area contributed by atoms with Crippen LogP contribution < -0.4 is 9.62 Å². The lowest BCUT2D eigenvalue weighted by atomic mass is 10.1. The molecule has 1 atom stereocenters. The van der Waals surface area contributed by atoms with E-state index in [0.29, 0.717) is 11.4 Å². The van der Waals surface area contributed by atoms with E-state index in [0.717, 1.165) is 21.0 Å². The second kappa shape index (κ2) is 12.3. The molecule has 7 nitrogen and oxygen atoms in total. The zero-order chi connectivity index (χ0) is 27.2. The summed E-state index contributed by atoms with van der Waals surface area (Å²) < 4.78 is 28.6. The molecule has 0 aliphatic heterocycles. The standard InChI is InChI=1S/C28H32ClN3O4S/c1-5-26(28(34)30-4)31(18-22-12-10-9-11-20(22)2)27(33)19-32(23-16-15-21(3)25(29)17-23)37(35,36)24-13-7-6-8-14-24/h6-17,26H,5,18-19H2,1-4H3,(H,30,34)/t26-/m1/s1. The first-order valence-electron chi connectivity index (χ1n) is 12.0. The van der Waals surface area contributed by atoms with Gasteiger partial charge in [0.15, 0.2) is 0 Å². The van der Waals surface area contributed by atoms with Crippen molar-refractivity contribution in [2.24, 2.45) is 0 Å². The van der Waals surface area contributed by atoms with E-state index in [2.05, 4.69) is 5.32 Å². The number of benzene rings is 3. The normalized spacial score (nSPS) is 12.0. The molecule has 0 saturated carbocycles. The lowest BCUT2D eigenvalue weighted by Gasteiger charge is -2.33. The Kier molecular flexibility index (Phi) is 9.34. The van der Waals surface area contributed by atoms with Gasteiger partial charge in [0.05, 0.1) is 10.6 Å². The van der Waals surface area contributed by atoms with Crippen LogP contribution in [0.2, 0.25) is 5.02 Å². The van der Waals surface area contributed by atoms with Crippen LogP contribution in [0.3, 0.4) is 0 Å². The number of amides is 2. The maximum Gasteiger partial charge on any atom is 0.264 e. The maximum absolute atomic E-state index is 13.9. The zero-order valence-corrected chi connectivity index (χ0v) is 23.0. The molecule has 0 bridgehead atoms. The number of aryl methyl sites for hydroxylation is 2. The molecule has 0 unspecified atom stereocenters. The van der Waals surface area contributed by atoms with Gasteiger partial charge >= 0.3 is 0 Å². The Morgan fingerprint density at radius 3 is 2.19 bits per heavy atom. The molecule has 0 spiro atoms. The molecule has 196 valence electrons. The molecule has 2 amide bonds. The van der Waals surface area contributed by atoms with Crippen molar-refractivity contribution in [2.75, 3.05) is 17.9 Å². The number of rotatable bonds is 10. The summed E-state index contributed by atoms with van der Waals surface area (Å²) in [7, 11) is -2.61. The van der Waals surface area contributed by atoms with Crippen LogP contribution in [0.4, 0.5) is 5.69 Å². The Morgan fingerprint density at radius 1 is 0.946 bits per heavy atom. The van der Waals surface area contributed by atoms with Crippen molar-refractivity contribution in [3.63, 3.8) is 0 Å². The molecular weight excluding hydrogens is 510 g/mol. The summed E-state index contributed by atoms with van der Waals surface area (Å²) in [6.07, 6.45) is 0.360. The Labute approximate surface area is 224 Å². The fraction of sp³-hybridized carbons (Fsp3) is 0.286. The minimum absolute atomic E-state index is 0.0447. The summed E-state index contributed by atoms with van der Waals surface area (Å²) in [5.41, 5.74) is 2.87. The largest absolute Gasteiger partial charge is 0.357 e. The number of nitrogens with one attached hydrogen (secondary N) is 1. The molecule has 0 radical (unpaired) electrons. The van der Waals surface area contributed by atoms with Crippen LogP contribution in [0.1, 0.15) is 30.0 Å². The molecule has 3 rings (SSSR count). The van der Waals surface area contributed by atoms with Crippen molar-refractivity contribution in [1.29, 1.82) is 0 Å².